The van der Waals surface area contributed by atoms with E-state index in [1.165, 1.54) is 0 Å². The predicted octanol–water partition coefficient (Wildman–Crippen LogP) is 3.81. The molecule has 33 heavy (non-hydrogen) atoms. The van der Waals surface area contributed by atoms with Crippen molar-refractivity contribution in [2.45, 2.75) is 59.5 Å². The third kappa shape index (κ3) is 4.34. The predicted molar refractivity (Wildman–Crippen MR) is 123 cm³/mol. The van der Waals surface area contributed by atoms with E-state index in [9.17, 15) is 14.4 Å². The van der Waals surface area contributed by atoms with E-state index in [2.05, 4.69) is 19.2 Å². The fourth-order valence-electron chi connectivity index (χ4n) is 4.41. The van der Waals surface area contributed by atoms with Gasteiger partial charge in [-0.2, -0.15) is 0 Å². The first kappa shape index (κ1) is 22.9. The number of benzene rings is 1. The minimum Gasteiger partial charge on any atom is -0.454 e. The van der Waals surface area contributed by atoms with Crippen molar-refractivity contribution >= 4 is 17.7 Å². The standard InChI is InChI=1S/C25H31N3O5/c1-15(2)8-9-25(5)23(30)28(24(31)26-25)13-20(29)19-10-16(3)27(17(19)4)12-18-6-7-21-22(11-18)33-14-32-21/h6-7,10-11,15H,8-9,12-14H2,1-5H3,(H,26,31). The third-order valence-corrected chi connectivity index (χ3v) is 6.52. The number of carbonyl (C=O) groups is 3. The summed E-state index contributed by atoms with van der Waals surface area (Å²) in [6, 6.07) is 7.11. The highest BCUT2D eigenvalue weighted by atomic mass is 16.7. The number of Topliss-reactive ketones (excluding diaryl/α,β-unsaturated/α-hetero) is 1. The number of ketones is 1. The minimum atomic E-state index is -0.960. The van der Waals surface area contributed by atoms with Gasteiger partial charge in [-0.15, -0.1) is 0 Å². The Hall–Kier alpha value is -3.29. The normalized spacial score (nSPS) is 19.5. The molecule has 1 aromatic carbocycles. The SMILES string of the molecule is Cc1cc(C(=O)CN2C(=O)NC(C)(CCC(C)C)C2=O)c(C)n1Cc1ccc2c(c1)OCO2. The van der Waals surface area contributed by atoms with Gasteiger partial charge in [0.25, 0.3) is 5.91 Å². The Morgan fingerprint density at radius 1 is 1.15 bits per heavy atom. The largest absolute Gasteiger partial charge is 0.454 e. The Labute approximate surface area is 193 Å². The summed E-state index contributed by atoms with van der Waals surface area (Å²) >= 11 is 0. The van der Waals surface area contributed by atoms with E-state index in [4.69, 9.17) is 9.47 Å². The summed E-state index contributed by atoms with van der Waals surface area (Å²) in [6.07, 6.45) is 1.36. The number of hydrogen-bond donors (Lipinski definition) is 1. The first-order valence-electron chi connectivity index (χ1n) is 11.3. The fourth-order valence-corrected chi connectivity index (χ4v) is 4.41. The van der Waals surface area contributed by atoms with Crippen LogP contribution in [-0.4, -0.2) is 46.1 Å². The summed E-state index contributed by atoms with van der Waals surface area (Å²) < 4.78 is 12.9. The van der Waals surface area contributed by atoms with Gasteiger partial charge in [-0.05, 0) is 63.3 Å². The second-order valence-corrected chi connectivity index (χ2v) is 9.57. The molecule has 0 radical (unpaired) electrons. The second kappa shape index (κ2) is 8.57. The number of aromatic nitrogens is 1. The molecular formula is C25H31N3O5. The van der Waals surface area contributed by atoms with E-state index in [1.54, 1.807) is 6.92 Å². The average molecular weight is 454 g/mol. The van der Waals surface area contributed by atoms with Crippen molar-refractivity contribution < 1.29 is 23.9 Å². The Bertz CT molecular complexity index is 1120. The number of amides is 3. The monoisotopic (exact) mass is 453 g/mol. The summed E-state index contributed by atoms with van der Waals surface area (Å²) in [5, 5.41) is 2.78. The molecule has 4 rings (SSSR count). The Balaban J connectivity index is 1.49. The van der Waals surface area contributed by atoms with Crippen molar-refractivity contribution in [1.82, 2.24) is 14.8 Å². The van der Waals surface area contributed by atoms with Crippen LogP contribution in [0.4, 0.5) is 4.79 Å². The number of fused-ring (bicyclic) bond motifs is 1. The van der Waals surface area contributed by atoms with Gasteiger partial charge >= 0.3 is 6.03 Å². The average Bonchev–Trinajstić information content (AvgIpc) is 3.40. The molecule has 8 heteroatoms. The Morgan fingerprint density at radius 3 is 2.61 bits per heavy atom. The van der Waals surface area contributed by atoms with Gasteiger partial charge < -0.3 is 19.4 Å². The van der Waals surface area contributed by atoms with Crippen molar-refractivity contribution in [2.75, 3.05) is 13.3 Å². The topological polar surface area (TPSA) is 89.9 Å². The maximum Gasteiger partial charge on any atom is 0.325 e. The molecule has 2 aliphatic rings. The smallest absolute Gasteiger partial charge is 0.325 e. The zero-order valence-electron chi connectivity index (χ0n) is 19.9. The Morgan fingerprint density at radius 2 is 1.88 bits per heavy atom. The number of nitrogens with one attached hydrogen (secondary N) is 1. The lowest BCUT2D eigenvalue weighted by Crippen LogP contribution is -2.44. The van der Waals surface area contributed by atoms with Crippen molar-refractivity contribution in [3.63, 3.8) is 0 Å². The number of imide groups is 1. The number of rotatable bonds is 8. The van der Waals surface area contributed by atoms with Crippen LogP contribution in [0.2, 0.25) is 0 Å². The first-order chi connectivity index (χ1) is 15.6. The zero-order valence-corrected chi connectivity index (χ0v) is 19.9. The lowest BCUT2D eigenvalue weighted by atomic mass is 9.92. The van der Waals surface area contributed by atoms with Crippen LogP contribution in [-0.2, 0) is 11.3 Å². The lowest BCUT2D eigenvalue weighted by Gasteiger charge is -2.22. The minimum absolute atomic E-state index is 0.221. The molecular weight excluding hydrogens is 422 g/mol. The molecule has 1 N–H and O–H groups in total. The lowest BCUT2D eigenvalue weighted by molar-refractivity contribution is -0.130. The van der Waals surface area contributed by atoms with Crippen LogP contribution in [0.1, 0.15) is 60.9 Å². The van der Waals surface area contributed by atoms with Gasteiger partial charge in [0.1, 0.15) is 5.54 Å². The van der Waals surface area contributed by atoms with E-state index >= 15 is 0 Å². The molecule has 3 heterocycles. The quantitative estimate of drug-likeness (QED) is 0.485. The molecule has 1 aromatic heterocycles. The molecule has 8 nitrogen and oxygen atoms in total. The molecule has 2 aromatic rings. The van der Waals surface area contributed by atoms with Crippen molar-refractivity contribution in [3.8, 4) is 11.5 Å². The van der Waals surface area contributed by atoms with E-state index in [0.29, 0.717) is 30.2 Å². The molecule has 0 saturated carbocycles. The summed E-state index contributed by atoms with van der Waals surface area (Å²) in [7, 11) is 0. The van der Waals surface area contributed by atoms with Gasteiger partial charge in [-0.3, -0.25) is 14.5 Å². The summed E-state index contributed by atoms with van der Waals surface area (Å²) in [4.78, 5) is 39.7. The van der Waals surface area contributed by atoms with E-state index in [-0.39, 0.29) is 25.0 Å². The van der Waals surface area contributed by atoms with E-state index < -0.39 is 11.6 Å². The number of ether oxygens (including phenoxy) is 2. The van der Waals surface area contributed by atoms with Crippen molar-refractivity contribution in [1.29, 1.82) is 0 Å². The summed E-state index contributed by atoms with van der Waals surface area (Å²) in [6.45, 7) is 10.2. The number of aryl methyl sites for hydroxylation is 1. The first-order valence-corrected chi connectivity index (χ1v) is 11.3. The molecule has 176 valence electrons. The summed E-state index contributed by atoms with van der Waals surface area (Å²) in [5.74, 6) is 1.26. The Kier molecular flexibility index (Phi) is 5.95. The second-order valence-electron chi connectivity index (χ2n) is 9.57. The van der Waals surface area contributed by atoms with Crippen LogP contribution in [0.5, 0.6) is 11.5 Å². The van der Waals surface area contributed by atoms with Crippen LogP contribution in [0.15, 0.2) is 24.3 Å². The van der Waals surface area contributed by atoms with Gasteiger partial charge in [0.15, 0.2) is 17.3 Å². The maximum atomic E-state index is 13.1. The molecule has 1 saturated heterocycles. The van der Waals surface area contributed by atoms with Gasteiger partial charge in [-0.1, -0.05) is 19.9 Å². The zero-order chi connectivity index (χ0) is 23.9. The van der Waals surface area contributed by atoms with E-state index in [1.807, 2.05) is 42.7 Å². The molecule has 1 fully saturated rings. The van der Waals surface area contributed by atoms with Crippen LogP contribution >= 0.6 is 0 Å². The number of hydrogen-bond acceptors (Lipinski definition) is 5. The molecule has 1 unspecified atom stereocenters. The van der Waals surface area contributed by atoms with Crippen molar-refractivity contribution in [2.24, 2.45) is 5.92 Å². The number of urea groups is 1. The molecule has 0 aliphatic carbocycles. The van der Waals surface area contributed by atoms with Crippen LogP contribution in [0.3, 0.4) is 0 Å². The van der Waals surface area contributed by atoms with E-state index in [0.717, 1.165) is 34.0 Å². The van der Waals surface area contributed by atoms with Gasteiger partial charge in [0.2, 0.25) is 6.79 Å². The van der Waals surface area contributed by atoms with Crippen molar-refractivity contribution in [3.05, 3.63) is 46.8 Å². The summed E-state index contributed by atoms with van der Waals surface area (Å²) in [5.41, 5.74) is 2.30. The highest BCUT2D eigenvalue weighted by Gasteiger charge is 2.48. The van der Waals surface area contributed by atoms with Crippen LogP contribution < -0.4 is 14.8 Å². The molecule has 0 spiro atoms. The van der Waals surface area contributed by atoms with Gasteiger partial charge in [0.05, 0.1) is 6.54 Å². The third-order valence-electron chi connectivity index (χ3n) is 6.52. The van der Waals surface area contributed by atoms with Crippen LogP contribution in [0.25, 0.3) is 0 Å². The van der Waals surface area contributed by atoms with Gasteiger partial charge in [-0.25, -0.2) is 4.79 Å². The molecule has 2 aliphatic heterocycles. The fraction of sp³-hybridized carbons (Fsp3) is 0.480. The number of nitrogens with zero attached hydrogens (tertiary/aromatic N) is 2. The van der Waals surface area contributed by atoms with Gasteiger partial charge in [0, 0.05) is 23.5 Å². The maximum absolute atomic E-state index is 13.1. The number of carbonyl (C=O) groups excluding carboxylic acids is 3. The highest BCUT2D eigenvalue weighted by Crippen LogP contribution is 2.33. The highest BCUT2D eigenvalue weighted by molar-refractivity contribution is 6.11. The molecule has 0 bridgehead atoms. The van der Waals surface area contributed by atoms with Crippen LogP contribution in [0, 0.1) is 19.8 Å². The molecule has 1 atom stereocenters. The molecule has 3 amide bonds.